The highest BCUT2D eigenvalue weighted by Gasteiger charge is 2.48. The SMILES string of the molecule is CCCC(N)(N)C(N)(CC)C(=O)ON. The van der Waals surface area contributed by atoms with Gasteiger partial charge >= 0.3 is 5.97 Å². The van der Waals surface area contributed by atoms with Gasteiger partial charge in [0.15, 0.2) is 0 Å². The molecule has 0 aromatic heterocycles. The summed E-state index contributed by atoms with van der Waals surface area (Å²) in [6.07, 6.45) is 1.42. The van der Waals surface area contributed by atoms with Crippen LogP contribution in [0, 0.1) is 0 Å². The second kappa shape index (κ2) is 4.70. The van der Waals surface area contributed by atoms with Crippen molar-refractivity contribution in [1.29, 1.82) is 0 Å². The Morgan fingerprint density at radius 1 is 1.29 bits per heavy atom. The van der Waals surface area contributed by atoms with Crippen LogP contribution in [-0.2, 0) is 9.63 Å². The summed E-state index contributed by atoms with van der Waals surface area (Å²) >= 11 is 0. The number of hydrogen-bond acceptors (Lipinski definition) is 6. The zero-order chi connectivity index (χ0) is 11.4. The Balaban J connectivity index is 4.91. The van der Waals surface area contributed by atoms with Crippen molar-refractivity contribution >= 4 is 5.97 Å². The van der Waals surface area contributed by atoms with Crippen LogP contribution >= 0.6 is 0 Å². The van der Waals surface area contributed by atoms with Crippen LogP contribution in [-0.4, -0.2) is 17.2 Å². The summed E-state index contributed by atoms with van der Waals surface area (Å²) < 4.78 is 0. The first-order valence-electron chi connectivity index (χ1n) is 4.63. The minimum absolute atomic E-state index is 0.274. The van der Waals surface area contributed by atoms with Crippen LogP contribution in [0.2, 0.25) is 0 Å². The number of rotatable bonds is 5. The molecule has 0 rings (SSSR count). The molecule has 0 aliphatic carbocycles. The summed E-state index contributed by atoms with van der Waals surface area (Å²) in [5.41, 5.74) is 14.7. The Bertz CT molecular complexity index is 208. The fourth-order valence-corrected chi connectivity index (χ4v) is 1.41. The van der Waals surface area contributed by atoms with E-state index in [-0.39, 0.29) is 6.42 Å². The zero-order valence-electron chi connectivity index (χ0n) is 8.75. The van der Waals surface area contributed by atoms with Gasteiger partial charge in [-0.3, -0.25) is 0 Å². The average molecular weight is 204 g/mol. The van der Waals surface area contributed by atoms with E-state index in [9.17, 15) is 4.79 Å². The molecule has 0 aliphatic heterocycles. The summed E-state index contributed by atoms with van der Waals surface area (Å²) in [6, 6.07) is 0. The highest BCUT2D eigenvalue weighted by Crippen LogP contribution is 2.22. The van der Waals surface area contributed by atoms with E-state index in [0.717, 1.165) is 6.42 Å². The van der Waals surface area contributed by atoms with Crippen molar-refractivity contribution in [3.05, 3.63) is 0 Å². The fraction of sp³-hybridized carbons (Fsp3) is 0.875. The number of hydrogen-bond donors (Lipinski definition) is 4. The molecule has 0 radical (unpaired) electrons. The van der Waals surface area contributed by atoms with Gasteiger partial charge in [0, 0.05) is 0 Å². The maximum Gasteiger partial charge on any atom is 0.347 e. The van der Waals surface area contributed by atoms with Crippen LogP contribution in [0.5, 0.6) is 0 Å². The largest absolute Gasteiger partial charge is 0.372 e. The van der Waals surface area contributed by atoms with Crippen molar-refractivity contribution in [1.82, 2.24) is 0 Å². The zero-order valence-corrected chi connectivity index (χ0v) is 8.75. The molecule has 6 heteroatoms. The standard InChI is InChI=1S/C8H20N4O2/c1-3-5-8(10,11)7(9,4-2)6(13)14-12/h3-5,9-12H2,1-2H3. The van der Waals surface area contributed by atoms with Crippen molar-refractivity contribution in [2.75, 3.05) is 0 Å². The topological polar surface area (TPSA) is 130 Å². The average Bonchev–Trinajstić information content (AvgIpc) is 2.14. The Morgan fingerprint density at radius 2 is 1.79 bits per heavy atom. The van der Waals surface area contributed by atoms with E-state index < -0.39 is 17.2 Å². The monoisotopic (exact) mass is 204 g/mol. The Kier molecular flexibility index (Phi) is 4.47. The van der Waals surface area contributed by atoms with Crippen LogP contribution in [0.3, 0.4) is 0 Å². The molecule has 0 amide bonds. The molecule has 0 spiro atoms. The molecule has 8 N–H and O–H groups in total. The second-order valence-corrected chi connectivity index (χ2v) is 3.52. The molecule has 14 heavy (non-hydrogen) atoms. The first-order valence-corrected chi connectivity index (χ1v) is 4.63. The highest BCUT2D eigenvalue weighted by molar-refractivity contribution is 5.82. The first-order chi connectivity index (χ1) is 6.35. The maximum absolute atomic E-state index is 11.4. The lowest BCUT2D eigenvalue weighted by molar-refractivity contribution is -0.154. The van der Waals surface area contributed by atoms with Gasteiger partial charge in [-0.1, -0.05) is 20.3 Å². The van der Waals surface area contributed by atoms with Gasteiger partial charge in [-0.05, 0) is 12.8 Å². The first kappa shape index (κ1) is 13.3. The number of carbonyl (C=O) groups excluding carboxylic acids is 1. The van der Waals surface area contributed by atoms with Crippen LogP contribution in [0.25, 0.3) is 0 Å². The summed E-state index contributed by atoms with van der Waals surface area (Å²) in [4.78, 5) is 15.5. The van der Waals surface area contributed by atoms with Crippen LogP contribution in [0.4, 0.5) is 0 Å². The third kappa shape index (κ3) is 2.21. The lowest BCUT2D eigenvalue weighted by Crippen LogP contribution is -2.75. The Hall–Kier alpha value is -0.690. The molecule has 0 bridgehead atoms. The molecule has 6 nitrogen and oxygen atoms in total. The van der Waals surface area contributed by atoms with Crippen molar-refractivity contribution in [2.24, 2.45) is 23.1 Å². The predicted octanol–water partition coefficient (Wildman–Crippen LogP) is -1.08. The fourth-order valence-electron chi connectivity index (χ4n) is 1.41. The summed E-state index contributed by atoms with van der Waals surface area (Å²) in [6.45, 7) is 3.61. The number of nitrogens with two attached hydrogens (primary N) is 4. The van der Waals surface area contributed by atoms with E-state index in [1.807, 2.05) is 6.92 Å². The van der Waals surface area contributed by atoms with Crippen molar-refractivity contribution in [3.63, 3.8) is 0 Å². The normalized spacial score (nSPS) is 16.1. The van der Waals surface area contributed by atoms with Gasteiger partial charge in [-0.15, -0.1) is 0 Å². The van der Waals surface area contributed by atoms with Crippen LogP contribution in [0.1, 0.15) is 33.1 Å². The van der Waals surface area contributed by atoms with E-state index >= 15 is 0 Å². The molecular weight excluding hydrogens is 184 g/mol. The van der Waals surface area contributed by atoms with Crippen LogP contribution in [0.15, 0.2) is 0 Å². The summed E-state index contributed by atoms with van der Waals surface area (Å²) in [7, 11) is 0. The highest BCUT2D eigenvalue weighted by atomic mass is 16.7. The van der Waals surface area contributed by atoms with E-state index in [0.29, 0.717) is 6.42 Å². The van der Waals surface area contributed by atoms with Gasteiger partial charge in [0.25, 0.3) is 0 Å². The maximum atomic E-state index is 11.4. The molecule has 0 aromatic rings. The van der Waals surface area contributed by atoms with Gasteiger partial charge in [-0.25, -0.2) is 4.79 Å². The quantitative estimate of drug-likeness (QED) is 0.333. The van der Waals surface area contributed by atoms with E-state index in [1.54, 1.807) is 6.92 Å². The lowest BCUT2D eigenvalue weighted by Gasteiger charge is -2.39. The predicted molar refractivity (Wildman–Crippen MR) is 53.5 cm³/mol. The van der Waals surface area contributed by atoms with Crippen molar-refractivity contribution < 1.29 is 9.63 Å². The van der Waals surface area contributed by atoms with Crippen LogP contribution < -0.4 is 23.1 Å². The minimum atomic E-state index is -1.43. The lowest BCUT2D eigenvalue weighted by atomic mass is 9.80. The minimum Gasteiger partial charge on any atom is -0.372 e. The Labute approximate surface area is 83.9 Å². The molecule has 0 aliphatic rings. The van der Waals surface area contributed by atoms with Crippen molar-refractivity contribution in [3.8, 4) is 0 Å². The van der Waals surface area contributed by atoms with Gasteiger partial charge < -0.3 is 22.0 Å². The molecule has 1 unspecified atom stereocenters. The molecule has 0 heterocycles. The smallest absolute Gasteiger partial charge is 0.347 e. The van der Waals surface area contributed by atoms with Gasteiger partial charge in [-0.2, -0.15) is 5.90 Å². The van der Waals surface area contributed by atoms with Gasteiger partial charge in [0.1, 0.15) is 5.54 Å². The number of carbonyl (C=O) groups is 1. The molecule has 0 saturated heterocycles. The molecule has 1 atom stereocenters. The van der Waals surface area contributed by atoms with E-state index in [2.05, 4.69) is 4.84 Å². The third-order valence-electron chi connectivity index (χ3n) is 2.52. The Morgan fingerprint density at radius 3 is 2.07 bits per heavy atom. The molecular formula is C8H20N4O2. The second-order valence-electron chi connectivity index (χ2n) is 3.52. The molecule has 84 valence electrons. The summed E-state index contributed by atoms with van der Waals surface area (Å²) in [5.74, 6) is 4.01. The third-order valence-corrected chi connectivity index (χ3v) is 2.52. The molecule has 0 aromatic carbocycles. The van der Waals surface area contributed by atoms with Gasteiger partial charge in [0.2, 0.25) is 0 Å². The molecule has 0 fully saturated rings. The van der Waals surface area contributed by atoms with E-state index in [4.69, 9.17) is 23.1 Å². The molecule has 0 saturated carbocycles. The van der Waals surface area contributed by atoms with Crippen molar-refractivity contribution in [2.45, 2.75) is 44.3 Å². The van der Waals surface area contributed by atoms with Gasteiger partial charge in [0.05, 0.1) is 5.66 Å². The summed E-state index contributed by atoms with van der Waals surface area (Å²) in [5, 5.41) is 0. The van der Waals surface area contributed by atoms with E-state index in [1.165, 1.54) is 0 Å².